The Kier molecular flexibility index (Phi) is 6.75. The van der Waals surface area contributed by atoms with E-state index in [1.54, 1.807) is 0 Å². The molecule has 0 radical (unpaired) electrons. The lowest BCUT2D eigenvalue weighted by Gasteiger charge is -2.17. The van der Waals surface area contributed by atoms with Gasteiger partial charge in [-0.2, -0.15) is 0 Å². The Morgan fingerprint density at radius 2 is 2.06 bits per heavy atom. The Balaban J connectivity index is 2.55. The number of rotatable bonds is 7. The van der Waals surface area contributed by atoms with Gasteiger partial charge >= 0.3 is 0 Å². The summed E-state index contributed by atoms with van der Waals surface area (Å²) in [5.41, 5.74) is 1.15. The molecule has 0 amide bonds. The summed E-state index contributed by atoms with van der Waals surface area (Å²) in [6, 6.07) is 4.56. The third-order valence-corrected chi connectivity index (χ3v) is 3.30. The van der Waals surface area contributed by atoms with Crippen LogP contribution in [-0.2, 0) is 0 Å². The van der Waals surface area contributed by atoms with E-state index in [-0.39, 0.29) is 0 Å². The molecule has 0 aromatic carbocycles. The molecule has 3 heteroatoms. The molecule has 1 aromatic heterocycles. The van der Waals surface area contributed by atoms with E-state index in [1.165, 1.54) is 19.3 Å². The predicted molar refractivity (Wildman–Crippen MR) is 77.0 cm³/mol. The molecular weight excluding hydrogens is 276 g/mol. The van der Waals surface area contributed by atoms with Gasteiger partial charge in [-0.05, 0) is 46.9 Å². The summed E-state index contributed by atoms with van der Waals surface area (Å²) in [5.74, 6) is 0.787. The quantitative estimate of drug-likeness (QED) is 0.811. The number of halogens is 1. The number of nitrogens with one attached hydrogen (secondary N) is 1. The van der Waals surface area contributed by atoms with Crippen molar-refractivity contribution in [2.75, 3.05) is 6.54 Å². The normalized spacial score (nSPS) is 13.0. The highest BCUT2D eigenvalue weighted by Crippen LogP contribution is 2.20. The number of nitrogens with zero attached hydrogens (tertiary/aromatic N) is 1. The highest BCUT2D eigenvalue weighted by Gasteiger charge is 2.11. The van der Waals surface area contributed by atoms with Crippen molar-refractivity contribution in [2.45, 2.75) is 46.1 Å². The molecule has 1 heterocycles. The zero-order valence-electron chi connectivity index (χ0n) is 11.0. The average molecular weight is 299 g/mol. The topological polar surface area (TPSA) is 24.9 Å². The molecule has 0 aliphatic carbocycles. The van der Waals surface area contributed by atoms with Crippen LogP contribution in [0.2, 0.25) is 0 Å². The molecular formula is C14H23BrN2. The van der Waals surface area contributed by atoms with E-state index in [2.05, 4.69) is 59.1 Å². The van der Waals surface area contributed by atoms with Crippen LogP contribution >= 0.6 is 15.9 Å². The first-order valence-corrected chi connectivity index (χ1v) is 7.27. The number of hydrogen-bond acceptors (Lipinski definition) is 2. The Labute approximate surface area is 113 Å². The van der Waals surface area contributed by atoms with Crippen molar-refractivity contribution in [1.82, 2.24) is 10.3 Å². The summed E-state index contributed by atoms with van der Waals surface area (Å²) < 4.78 is 1.04. The Bertz CT molecular complexity index is 309. The molecule has 0 bridgehead atoms. The van der Waals surface area contributed by atoms with Gasteiger partial charge < -0.3 is 5.32 Å². The minimum atomic E-state index is 0.395. The molecule has 0 spiro atoms. The predicted octanol–water partition coefficient (Wildman–Crippen LogP) is 4.32. The molecule has 0 saturated carbocycles. The Morgan fingerprint density at radius 1 is 1.29 bits per heavy atom. The highest BCUT2D eigenvalue weighted by molar-refractivity contribution is 9.10. The van der Waals surface area contributed by atoms with Crippen LogP contribution in [0.3, 0.4) is 0 Å². The molecule has 0 saturated heterocycles. The van der Waals surface area contributed by atoms with Gasteiger partial charge in [0.2, 0.25) is 0 Å². The fourth-order valence-corrected chi connectivity index (χ4v) is 2.16. The van der Waals surface area contributed by atoms with E-state index in [9.17, 15) is 0 Å². The lowest BCUT2D eigenvalue weighted by atomic mass is 10.0. The van der Waals surface area contributed by atoms with Gasteiger partial charge in [0.25, 0.3) is 0 Å². The minimum Gasteiger partial charge on any atom is -0.309 e. The van der Waals surface area contributed by atoms with Gasteiger partial charge in [-0.15, -0.1) is 0 Å². The van der Waals surface area contributed by atoms with Gasteiger partial charge in [-0.1, -0.05) is 33.6 Å². The largest absolute Gasteiger partial charge is 0.309 e. The van der Waals surface area contributed by atoms with Crippen molar-refractivity contribution in [1.29, 1.82) is 0 Å². The van der Waals surface area contributed by atoms with Crippen LogP contribution in [0.25, 0.3) is 0 Å². The molecule has 96 valence electrons. The van der Waals surface area contributed by atoms with Crippen molar-refractivity contribution in [3.8, 4) is 0 Å². The average Bonchev–Trinajstić information content (AvgIpc) is 2.29. The molecule has 0 fully saturated rings. The molecule has 1 rings (SSSR count). The van der Waals surface area contributed by atoms with Gasteiger partial charge in [-0.25, -0.2) is 0 Å². The minimum absolute atomic E-state index is 0.395. The van der Waals surface area contributed by atoms with Gasteiger partial charge in [0.15, 0.2) is 0 Å². The van der Waals surface area contributed by atoms with Crippen LogP contribution in [0.4, 0.5) is 0 Å². The molecule has 1 aromatic rings. The van der Waals surface area contributed by atoms with Crippen LogP contribution in [0, 0.1) is 5.92 Å². The van der Waals surface area contributed by atoms with Gasteiger partial charge in [-0.3, -0.25) is 4.98 Å². The SMILES string of the molecule is CCNC(CCCC(C)C)c1ccc(Br)cn1. The zero-order valence-corrected chi connectivity index (χ0v) is 12.6. The monoisotopic (exact) mass is 298 g/mol. The van der Waals surface area contributed by atoms with Crippen molar-refractivity contribution in [2.24, 2.45) is 5.92 Å². The van der Waals surface area contributed by atoms with Crippen LogP contribution in [0.15, 0.2) is 22.8 Å². The molecule has 0 aliphatic rings. The fourth-order valence-electron chi connectivity index (χ4n) is 1.92. The third-order valence-electron chi connectivity index (χ3n) is 2.83. The Hall–Kier alpha value is -0.410. The van der Waals surface area contributed by atoms with Gasteiger partial charge in [0.05, 0.1) is 5.69 Å². The van der Waals surface area contributed by atoms with Gasteiger partial charge in [0, 0.05) is 16.7 Å². The number of hydrogen-bond donors (Lipinski definition) is 1. The fraction of sp³-hybridized carbons (Fsp3) is 0.643. The summed E-state index contributed by atoms with van der Waals surface area (Å²) in [6.07, 6.45) is 5.59. The lowest BCUT2D eigenvalue weighted by Crippen LogP contribution is -2.21. The first kappa shape index (κ1) is 14.7. The van der Waals surface area contributed by atoms with E-state index in [1.807, 2.05) is 6.20 Å². The third kappa shape index (κ3) is 5.64. The zero-order chi connectivity index (χ0) is 12.7. The van der Waals surface area contributed by atoms with E-state index in [4.69, 9.17) is 0 Å². The van der Waals surface area contributed by atoms with Crippen molar-refractivity contribution < 1.29 is 0 Å². The van der Waals surface area contributed by atoms with E-state index in [0.717, 1.165) is 22.6 Å². The number of pyridine rings is 1. The van der Waals surface area contributed by atoms with Crippen molar-refractivity contribution in [3.05, 3.63) is 28.5 Å². The Morgan fingerprint density at radius 3 is 2.59 bits per heavy atom. The van der Waals surface area contributed by atoms with Crippen LogP contribution in [-0.4, -0.2) is 11.5 Å². The summed E-state index contributed by atoms with van der Waals surface area (Å²) >= 11 is 3.42. The molecule has 1 atom stereocenters. The summed E-state index contributed by atoms with van der Waals surface area (Å²) in [6.45, 7) is 7.69. The first-order chi connectivity index (χ1) is 8.13. The lowest BCUT2D eigenvalue weighted by molar-refractivity contribution is 0.448. The highest BCUT2D eigenvalue weighted by atomic mass is 79.9. The summed E-state index contributed by atoms with van der Waals surface area (Å²) in [7, 11) is 0. The van der Waals surface area contributed by atoms with Crippen LogP contribution in [0.1, 0.15) is 51.8 Å². The summed E-state index contributed by atoms with van der Waals surface area (Å²) in [5, 5.41) is 3.51. The second kappa shape index (κ2) is 7.83. The standard InChI is InChI=1S/C14H23BrN2/c1-4-16-13(7-5-6-11(2)3)14-9-8-12(15)10-17-14/h8-11,13,16H,4-7H2,1-3H3. The number of aromatic nitrogens is 1. The van der Waals surface area contributed by atoms with Gasteiger partial charge in [0.1, 0.15) is 0 Å². The maximum Gasteiger partial charge on any atom is 0.0574 e. The first-order valence-electron chi connectivity index (χ1n) is 6.48. The molecule has 2 nitrogen and oxygen atoms in total. The van der Waals surface area contributed by atoms with Crippen LogP contribution < -0.4 is 5.32 Å². The molecule has 0 aliphatic heterocycles. The van der Waals surface area contributed by atoms with Crippen molar-refractivity contribution in [3.63, 3.8) is 0 Å². The maximum atomic E-state index is 4.49. The summed E-state index contributed by atoms with van der Waals surface area (Å²) in [4.78, 5) is 4.49. The molecule has 17 heavy (non-hydrogen) atoms. The van der Waals surface area contributed by atoms with Crippen molar-refractivity contribution >= 4 is 15.9 Å². The van der Waals surface area contributed by atoms with E-state index >= 15 is 0 Å². The smallest absolute Gasteiger partial charge is 0.0574 e. The van der Waals surface area contributed by atoms with Crippen LogP contribution in [0.5, 0.6) is 0 Å². The van der Waals surface area contributed by atoms with E-state index < -0.39 is 0 Å². The molecule has 1 unspecified atom stereocenters. The second-order valence-electron chi connectivity index (χ2n) is 4.84. The van der Waals surface area contributed by atoms with E-state index in [0.29, 0.717) is 6.04 Å². The maximum absolute atomic E-state index is 4.49. The molecule has 1 N–H and O–H groups in total. The second-order valence-corrected chi connectivity index (χ2v) is 5.75.